The van der Waals surface area contributed by atoms with Gasteiger partial charge in [0, 0.05) is 37.3 Å². The number of benzene rings is 1. The van der Waals surface area contributed by atoms with Crippen LogP contribution < -0.4 is 10.5 Å². The molecule has 0 unspecified atom stereocenters. The van der Waals surface area contributed by atoms with Gasteiger partial charge in [-0.25, -0.2) is 4.39 Å². The molecule has 0 atom stereocenters. The third-order valence-corrected chi connectivity index (χ3v) is 4.14. The first-order chi connectivity index (χ1) is 9.74. The lowest BCUT2D eigenvalue weighted by Crippen LogP contribution is -2.39. The molecule has 1 aromatic rings. The molecule has 0 aromatic heterocycles. The first kappa shape index (κ1) is 15.3. The van der Waals surface area contributed by atoms with Crippen molar-refractivity contribution in [3.05, 3.63) is 29.6 Å². The highest BCUT2D eigenvalue weighted by atomic mass is 19.1. The summed E-state index contributed by atoms with van der Waals surface area (Å²) in [6.07, 6.45) is 6.28. The number of hydrogen-bond acceptors (Lipinski definition) is 3. The van der Waals surface area contributed by atoms with Crippen molar-refractivity contribution >= 4 is 0 Å². The average Bonchev–Trinajstić information content (AvgIpc) is 2.49. The minimum absolute atomic E-state index is 0.192. The Morgan fingerprint density at radius 1 is 1.30 bits per heavy atom. The zero-order chi connectivity index (χ0) is 14.4. The maximum Gasteiger partial charge on any atom is 0.131 e. The Balaban J connectivity index is 2.06. The molecule has 1 fully saturated rings. The fourth-order valence-corrected chi connectivity index (χ4v) is 3.00. The molecule has 0 heterocycles. The predicted octanol–water partition coefficient (Wildman–Crippen LogP) is 2.93. The Hall–Kier alpha value is -1.13. The SMILES string of the molecule is COc1ccc(CN(CCN)C2CCCCC2)c(F)c1. The molecule has 0 amide bonds. The van der Waals surface area contributed by atoms with E-state index in [1.807, 2.05) is 12.1 Å². The van der Waals surface area contributed by atoms with Crippen LogP contribution in [-0.4, -0.2) is 31.1 Å². The number of ether oxygens (including phenoxy) is 1. The first-order valence-electron chi connectivity index (χ1n) is 7.51. The van der Waals surface area contributed by atoms with E-state index in [2.05, 4.69) is 4.90 Å². The second-order valence-electron chi connectivity index (χ2n) is 5.51. The van der Waals surface area contributed by atoms with E-state index < -0.39 is 0 Å². The van der Waals surface area contributed by atoms with Crippen molar-refractivity contribution in [2.45, 2.75) is 44.7 Å². The maximum absolute atomic E-state index is 14.1. The van der Waals surface area contributed by atoms with Gasteiger partial charge >= 0.3 is 0 Å². The van der Waals surface area contributed by atoms with Gasteiger partial charge in [-0.2, -0.15) is 0 Å². The molecule has 2 rings (SSSR count). The monoisotopic (exact) mass is 280 g/mol. The summed E-state index contributed by atoms with van der Waals surface area (Å²) in [5.41, 5.74) is 6.44. The second kappa shape index (κ2) is 7.60. The van der Waals surface area contributed by atoms with Crippen molar-refractivity contribution in [2.75, 3.05) is 20.2 Å². The van der Waals surface area contributed by atoms with Crippen LogP contribution in [-0.2, 0) is 6.54 Å². The normalized spacial score (nSPS) is 16.6. The molecule has 112 valence electrons. The number of hydrogen-bond donors (Lipinski definition) is 1. The molecule has 0 radical (unpaired) electrons. The van der Waals surface area contributed by atoms with Gasteiger partial charge in [0.2, 0.25) is 0 Å². The van der Waals surface area contributed by atoms with E-state index in [1.54, 1.807) is 7.11 Å². The molecule has 1 aliphatic rings. The van der Waals surface area contributed by atoms with Crippen molar-refractivity contribution in [3.8, 4) is 5.75 Å². The Kier molecular flexibility index (Phi) is 5.80. The summed E-state index contributed by atoms with van der Waals surface area (Å²) in [6.45, 7) is 2.09. The molecule has 0 bridgehead atoms. The molecule has 4 heteroatoms. The number of rotatable bonds is 6. The predicted molar refractivity (Wildman–Crippen MR) is 79.3 cm³/mol. The van der Waals surface area contributed by atoms with Gasteiger partial charge in [0.25, 0.3) is 0 Å². The largest absolute Gasteiger partial charge is 0.497 e. The number of nitrogens with two attached hydrogens (primary N) is 1. The molecule has 2 N–H and O–H groups in total. The topological polar surface area (TPSA) is 38.5 Å². The highest BCUT2D eigenvalue weighted by molar-refractivity contribution is 5.28. The van der Waals surface area contributed by atoms with Gasteiger partial charge in [-0.3, -0.25) is 4.90 Å². The lowest BCUT2D eigenvalue weighted by molar-refractivity contribution is 0.150. The highest BCUT2D eigenvalue weighted by Gasteiger charge is 2.21. The molecule has 20 heavy (non-hydrogen) atoms. The molecular formula is C16H25FN2O. The van der Waals surface area contributed by atoms with Crippen molar-refractivity contribution in [3.63, 3.8) is 0 Å². The summed E-state index contributed by atoms with van der Waals surface area (Å²) >= 11 is 0. The van der Waals surface area contributed by atoms with E-state index in [9.17, 15) is 4.39 Å². The summed E-state index contributed by atoms with van der Waals surface area (Å²) in [5, 5.41) is 0. The van der Waals surface area contributed by atoms with Crippen LogP contribution in [0.25, 0.3) is 0 Å². The summed E-state index contributed by atoms with van der Waals surface area (Å²) in [7, 11) is 1.55. The molecule has 3 nitrogen and oxygen atoms in total. The maximum atomic E-state index is 14.1. The van der Waals surface area contributed by atoms with Gasteiger partial charge in [-0.05, 0) is 18.9 Å². The smallest absolute Gasteiger partial charge is 0.131 e. The molecule has 0 saturated heterocycles. The fraction of sp³-hybridized carbons (Fsp3) is 0.625. The van der Waals surface area contributed by atoms with Crippen LogP contribution >= 0.6 is 0 Å². The quantitative estimate of drug-likeness (QED) is 0.870. The van der Waals surface area contributed by atoms with E-state index in [1.165, 1.54) is 38.2 Å². The van der Waals surface area contributed by atoms with Gasteiger partial charge < -0.3 is 10.5 Å². The number of halogens is 1. The molecule has 1 aliphatic carbocycles. The van der Waals surface area contributed by atoms with Crippen molar-refractivity contribution in [1.82, 2.24) is 4.90 Å². The van der Waals surface area contributed by atoms with Crippen LogP contribution in [0.2, 0.25) is 0 Å². The van der Waals surface area contributed by atoms with E-state index in [-0.39, 0.29) is 5.82 Å². The van der Waals surface area contributed by atoms with E-state index in [0.29, 0.717) is 24.9 Å². The van der Waals surface area contributed by atoms with Crippen molar-refractivity contribution < 1.29 is 9.13 Å². The van der Waals surface area contributed by atoms with Gasteiger partial charge in [-0.15, -0.1) is 0 Å². The Morgan fingerprint density at radius 2 is 2.05 bits per heavy atom. The van der Waals surface area contributed by atoms with Crippen LogP contribution in [0, 0.1) is 5.82 Å². The summed E-state index contributed by atoms with van der Waals surface area (Å²) in [4.78, 5) is 2.34. The molecule has 0 spiro atoms. The molecule has 0 aliphatic heterocycles. The van der Waals surface area contributed by atoms with Crippen LogP contribution in [0.4, 0.5) is 4.39 Å². The Bertz CT molecular complexity index is 419. The lowest BCUT2D eigenvalue weighted by Gasteiger charge is -2.34. The van der Waals surface area contributed by atoms with Crippen LogP contribution in [0.1, 0.15) is 37.7 Å². The van der Waals surface area contributed by atoms with E-state index in [4.69, 9.17) is 10.5 Å². The average molecular weight is 280 g/mol. The third kappa shape index (κ3) is 3.93. The fourth-order valence-electron chi connectivity index (χ4n) is 3.00. The standard InChI is InChI=1S/C16H25FN2O/c1-20-15-8-7-13(16(17)11-15)12-19(10-9-18)14-5-3-2-4-6-14/h7-8,11,14H,2-6,9-10,12,18H2,1H3. The molecular weight excluding hydrogens is 255 g/mol. The van der Waals surface area contributed by atoms with Gasteiger partial charge in [0.1, 0.15) is 11.6 Å². The summed E-state index contributed by atoms with van der Waals surface area (Å²) in [6, 6.07) is 5.64. The minimum atomic E-state index is -0.192. The lowest BCUT2D eigenvalue weighted by atomic mass is 9.94. The third-order valence-electron chi connectivity index (χ3n) is 4.14. The van der Waals surface area contributed by atoms with Crippen molar-refractivity contribution in [1.29, 1.82) is 0 Å². The zero-order valence-corrected chi connectivity index (χ0v) is 12.3. The second-order valence-corrected chi connectivity index (χ2v) is 5.51. The van der Waals surface area contributed by atoms with E-state index >= 15 is 0 Å². The molecule has 1 aromatic carbocycles. The van der Waals surface area contributed by atoms with E-state index in [0.717, 1.165) is 12.1 Å². The Labute approximate surface area is 120 Å². The van der Waals surface area contributed by atoms with Crippen LogP contribution in [0.15, 0.2) is 18.2 Å². The zero-order valence-electron chi connectivity index (χ0n) is 12.3. The van der Waals surface area contributed by atoms with Gasteiger partial charge in [-0.1, -0.05) is 25.3 Å². The molecule has 1 saturated carbocycles. The first-order valence-corrected chi connectivity index (χ1v) is 7.51. The summed E-state index contributed by atoms with van der Waals surface area (Å²) in [5.74, 6) is 0.372. The van der Waals surface area contributed by atoms with Crippen LogP contribution in [0.3, 0.4) is 0 Å². The van der Waals surface area contributed by atoms with Gasteiger partial charge in [0.15, 0.2) is 0 Å². The summed E-state index contributed by atoms with van der Waals surface area (Å²) < 4.78 is 19.1. The minimum Gasteiger partial charge on any atom is -0.497 e. The number of nitrogens with zero attached hydrogens (tertiary/aromatic N) is 1. The number of methoxy groups -OCH3 is 1. The van der Waals surface area contributed by atoms with Gasteiger partial charge in [0.05, 0.1) is 7.11 Å². The Morgan fingerprint density at radius 3 is 2.65 bits per heavy atom. The highest BCUT2D eigenvalue weighted by Crippen LogP contribution is 2.25. The van der Waals surface area contributed by atoms with Crippen molar-refractivity contribution in [2.24, 2.45) is 5.73 Å². The van der Waals surface area contributed by atoms with Crippen LogP contribution in [0.5, 0.6) is 5.75 Å².